The topological polar surface area (TPSA) is 35.2 Å². The minimum atomic E-state index is -0.890. The predicted octanol–water partition coefficient (Wildman–Crippen LogP) is 2.47. The molecule has 1 fully saturated rings. The minimum absolute atomic E-state index is 0.0349. The summed E-state index contributed by atoms with van der Waals surface area (Å²) in [7, 11) is 0. The molecule has 0 radical (unpaired) electrons. The molecule has 0 saturated heterocycles. The van der Waals surface area contributed by atoms with Crippen LogP contribution in [0.5, 0.6) is 5.75 Å². The van der Waals surface area contributed by atoms with E-state index in [0.717, 1.165) is 18.6 Å². The zero-order chi connectivity index (χ0) is 11.9. The van der Waals surface area contributed by atoms with E-state index in [1.807, 2.05) is 13.8 Å². The Morgan fingerprint density at radius 2 is 2.00 bits per heavy atom. The fourth-order valence-electron chi connectivity index (χ4n) is 1.83. The Labute approximate surface area is 93.4 Å². The standard InChI is InChI=1S/C12H15F2NO/c1-12(2)10(15)6-11(12)16-7-3-4-8(13)9(14)5-7/h3-5,10-11H,6,15H2,1-2H3. The van der Waals surface area contributed by atoms with Crippen LogP contribution in [0.25, 0.3) is 0 Å². The van der Waals surface area contributed by atoms with Crippen LogP contribution in [0.1, 0.15) is 20.3 Å². The second kappa shape index (κ2) is 3.70. The lowest BCUT2D eigenvalue weighted by Crippen LogP contribution is -2.60. The predicted molar refractivity (Wildman–Crippen MR) is 57.1 cm³/mol. The molecule has 1 aliphatic rings. The molecule has 0 spiro atoms. The number of halogens is 2. The molecule has 1 aromatic rings. The van der Waals surface area contributed by atoms with Crippen LogP contribution in [0.2, 0.25) is 0 Å². The average Bonchev–Trinajstić information content (AvgIpc) is 2.23. The highest BCUT2D eigenvalue weighted by Gasteiger charge is 2.47. The number of benzene rings is 1. The van der Waals surface area contributed by atoms with Gasteiger partial charge in [0.05, 0.1) is 0 Å². The first-order chi connectivity index (χ1) is 7.41. The largest absolute Gasteiger partial charge is 0.490 e. The summed E-state index contributed by atoms with van der Waals surface area (Å²) in [6, 6.07) is 3.66. The van der Waals surface area contributed by atoms with E-state index in [4.69, 9.17) is 10.5 Å². The Morgan fingerprint density at radius 1 is 1.31 bits per heavy atom. The van der Waals surface area contributed by atoms with E-state index >= 15 is 0 Å². The first-order valence-corrected chi connectivity index (χ1v) is 5.28. The number of ether oxygens (including phenoxy) is 1. The van der Waals surface area contributed by atoms with Crippen molar-refractivity contribution < 1.29 is 13.5 Å². The minimum Gasteiger partial charge on any atom is -0.490 e. The third-order valence-corrected chi connectivity index (χ3v) is 3.42. The molecule has 0 aromatic heterocycles. The summed E-state index contributed by atoms with van der Waals surface area (Å²) in [4.78, 5) is 0. The molecule has 1 saturated carbocycles. The van der Waals surface area contributed by atoms with Gasteiger partial charge >= 0.3 is 0 Å². The van der Waals surface area contributed by atoms with E-state index in [9.17, 15) is 8.78 Å². The van der Waals surface area contributed by atoms with Crippen molar-refractivity contribution in [2.45, 2.75) is 32.4 Å². The molecule has 0 bridgehead atoms. The molecule has 1 aromatic carbocycles. The third kappa shape index (κ3) is 1.78. The van der Waals surface area contributed by atoms with Crippen LogP contribution >= 0.6 is 0 Å². The van der Waals surface area contributed by atoms with Crippen LogP contribution in [0, 0.1) is 17.0 Å². The van der Waals surface area contributed by atoms with Crippen molar-refractivity contribution in [2.24, 2.45) is 11.1 Å². The van der Waals surface area contributed by atoms with E-state index in [2.05, 4.69) is 0 Å². The van der Waals surface area contributed by atoms with Crippen molar-refractivity contribution in [3.8, 4) is 5.75 Å². The highest BCUT2D eigenvalue weighted by Crippen LogP contribution is 2.41. The summed E-state index contributed by atoms with van der Waals surface area (Å²) in [5.74, 6) is -1.40. The highest BCUT2D eigenvalue weighted by molar-refractivity contribution is 5.24. The monoisotopic (exact) mass is 227 g/mol. The smallest absolute Gasteiger partial charge is 0.162 e. The Hall–Kier alpha value is -1.16. The zero-order valence-corrected chi connectivity index (χ0v) is 9.34. The molecule has 2 atom stereocenters. The quantitative estimate of drug-likeness (QED) is 0.842. The van der Waals surface area contributed by atoms with Crippen molar-refractivity contribution >= 4 is 0 Å². The summed E-state index contributed by atoms with van der Waals surface area (Å²) >= 11 is 0. The SMILES string of the molecule is CC1(C)C(N)CC1Oc1ccc(F)c(F)c1. The molecule has 0 amide bonds. The molecule has 0 heterocycles. The Balaban J connectivity index is 2.08. The second-order valence-corrected chi connectivity index (χ2v) is 4.85. The van der Waals surface area contributed by atoms with Gasteiger partial charge in [-0.15, -0.1) is 0 Å². The van der Waals surface area contributed by atoms with Gasteiger partial charge < -0.3 is 10.5 Å². The van der Waals surface area contributed by atoms with Gasteiger partial charge in [0.1, 0.15) is 11.9 Å². The lowest BCUT2D eigenvalue weighted by atomic mass is 9.65. The van der Waals surface area contributed by atoms with Crippen LogP contribution in [-0.2, 0) is 0 Å². The summed E-state index contributed by atoms with van der Waals surface area (Å²) in [5, 5.41) is 0. The molecule has 2 nitrogen and oxygen atoms in total. The van der Waals surface area contributed by atoms with Crippen LogP contribution < -0.4 is 10.5 Å². The van der Waals surface area contributed by atoms with Gasteiger partial charge in [-0.3, -0.25) is 0 Å². The fraction of sp³-hybridized carbons (Fsp3) is 0.500. The molecule has 16 heavy (non-hydrogen) atoms. The van der Waals surface area contributed by atoms with Gasteiger partial charge in [-0.1, -0.05) is 13.8 Å². The lowest BCUT2D eigenvalue weighted by molar-refractivity contribution is -0.0401. The van der Waals surface area contributed by atoms with Gasteiger partial charge in [0.2, 0.25) is 0 Å². The van der Waals surface area contributed by atoms with E-state index in [1.54, 1.807) is 0 Å². The Morgan fingerprint density at radius 3 is 2.50 bits per heavy atom. The maximum Gasteiger partial charge on any atom is 0.162 e. The van der Waals surface area contributed by atoms with E-state index in [1.165, 1.54) is 6.07 Å². The molecule has 2 N–H and O–H groups in total. The maximum absolute atomic E-state index is 12.9. The summed E-state index contributed by atoms with van der Waals surface area (Å²) in [6.07, 6.45) is 0.707. The number of nitrogens with two attached hydrogens (primary N) is 1. The molecule has 2 unspecified atom stereocenters. The van der Waals surface area contributed by atoms with E-state index in [-0.39, 0.29) is 17.6 Å². The van der Waals surface area contributed by atoms with Gasteiger partial charge in [0.25, 0.3) is 0 Å². The van der Waals surface area contributed by atoms with Crippen molar-refractivity contribution in [3.05, 3.63) is 29.8 Å². The summed E-state index contributed by atoms with van der Waals surface area (Å²) < 4.78 is 31.2. The van der Waals surface area contributed by atoms with E-state index < -0.39 is 11.6 Å². The molecule has 88 valence electrons. The highest BCUT2D eigenvalue weighted by atomic mass is 19.2. The van der Waals surface area contributed by atoms with Gasteiger partial charge in [0.15, 0.2) is 11.6 Å². The average molecular weight is 227 g/mol. The zero-order valence-electron chi connectivity index (χ0n) is 9.34. The van der Waals surface area contributed by atoms with Gasteiger partial charge in [-0.25, -0.2) is 8.78 Å². The second-order valence-electron chi connectivity index (χ2n) is 4.85. The molecule has 2 rings (SSSR count). The molecular weight excluding hydrogens is 212 g/mol. The molecular formula is C12H15F2NO. The number of rotatable bonds is 2. The Kier molecular flexibility index (Phi) is 2.62. The van der Waals surface area contributed by atoms with E-state index in [0.29, 0.717) is 5.75 Å². The molecule has 1 aliphatic carbocycles. The van der Waals surface area contributed by atoms with Crippen LogP contribution in [0.3, 0.4) is 0 Å². The first kappa shape index (κ1) is 11.3. The normalized spacial score (nSPS) is 27.3. The lowest BCUT2D eigenvalue weighted by Gasteiger charge is -2.49. The maximum atomic E-state index is 12.9. The first-order valence-electron chi connectivity index (χ1n) is 5.28. The van der Waals surface area contributed by atoms with Crippen molar-refractivity contribution in [3.63, 3.8) is 0 Å². The van der Waals surface area contributed by atoms with Crippen molar-refractivity contribution in [1.82, 2.24) is 0 Å². The van der Waals surface area contributed by atoms with Gasteiger partial charge in [-0.2, -0.15) is 0 Å². The van der Waals surface area contributed by atoms with Crippen LogP contribution in [0.4, 0.5) is 8.78 Å². The molecule has 4 heteroatoms. The number of hydrogen-bond acceptors (Lipinski definition) is 2. The van der Waals surface area contributed by atoms with Gasteiger partial charge in [-0.05, 0) is 12.1 Å². The third-order valence-electron chi connectivity index (χ3n) is 3.42. The fourth-order valence-corrected chi connectivity index (χ4v) is 1.83. The Bertz CT molecular complexity index is 406. The van der Waals surface area contributed by atoms with Crippen LogP contribution in [-0.4, -0.2) is 12.1 Å². The molecule has 0 aliphatic heterocycles. The van der Waals surface area contributed by atoms with Crippen molar-refractivity contribution in [1.29, 1.82) is 0 Å². The number of hydrogen-bond donors (Lipinski definition) is 1. The van der Waals surface area contributed by atoms with Gasteiger partial charge in [0, 0.05) is 23.9 Å². The summed E-state index contributed by atoms with van der Waals surface area (Å²) in [6.45, 7) is 4.01. The summed E-state index contributed by atoms with van der Waals surface area (Å²) in [5.41, 5.74) is 5.72. The van der Waals surface area contributed by atoms with Crippen LogP contribution in [0.15, 0.2) is 18.2 Å². The van der Waals surface area contributed by atoms with Crippen molar-refractivity contribution in [2.75, 3.05) is 0 Å².